The first-order chi connectivity index (χ1) is 30.5. The highest BCUT2D eigenvalue weighted by atomic mass is 28.4. The normalized spacial score (nSPS) is 13.9. The zero-order valence-corrected chi connectivity index (χ0v) is 40.1. The van der Waals surface area contributed by atoms with Crippen LogP contribution in [0.25, 0.3) is 21.8 Å². The van der Waals surface area contributed by atoms with Gasteiger partial charge in [-0.25, -0.2) is 8.78 Å². The van der Waals surface area contributed by atoms with E-state index in [0.29, 0.717) is 92.4 Å². The van der Waals surface area contributed by atoms with Gasteiger partial charge >= 0.3 is 0 Å². The van der Waals surface area contributed by atoms with Gasteiger partial charge < -0.3 is 24.4 Å². The lowest BCUT2D eigenvalue weighted by molar-refractivity contribution is 0.0776. The minimum atomic E-state index is -2.44. The number of phenols is 1. The molecule has 0 aliphatic carbocycles. The van der Waals surface area contributed by atoms with Gasteiger partial charge in [0.15, 0.2) is 11.5 Å². The molecule has 0 fully saturated rings. The van der Waals surface area contributed by atoms with Gasteiger partial charge in [0, 0.05) is 55.9 Å². The molecule has 0 bridgehead atoms. The number of halogens is 2. The summed E-state index contributed by atoms with van der Waals surface area (Å²) in [6.07, 6.45) is 4.50. The molecule has 2 aromatic heterocycles. The van der Waals surface area contributed by atoms with E-state index in [0.717, 1.165) is 27.8 Å². The number of fused-ring (bicyclic) bond motifs is 4. The molecule has 4 aromatic carbocycles. The molecule has 10 nitrogen and oxygen atoms in total. The zero-order chi connectivity index (χ0) is 47.4. The van der Waals surface area contributed by atoms with Gasteiger partial charge in [0.25, 0.3) is 20.1 Å². The number of nitrogens with zero attached hydrogens (tertiary/aromatic N) is 4. The molecule has 2 amide bonds. The number of hydrogen-bond donors (Lipinski definition) is 2. The summed E-state index contributed by atoms with van der Waals surface area (Å²) in [5.74, 6) is -0.710. The van der Waals surface area contributed by atoms with Gasteiger partial charge in [-0.3, -0.25) is 24.4 Å². The number of pyridine rings is 2. The molecule has 0 saturated carbocycles. The number of hydrogen-bond acceptors (Lipinski definition) is 8. The van der Waals surface area contributed by atoms with Gasteiger partial charge in [-0.15, -0.1) is 0 Å². The molecule has 0 unspecified atom stereocenters. The van der Waals surface area contributed by atoms with Crippen LogP contribution in [0, 0.1) is 11.6 Å². The lowest BCUT2D eigenvalue weighted by Gasteiger charge is -2.42. The number of carbonyl (C=O) groups excluding carboxylic acids is 3. The van der Waals surface area contributed by atoms with Gasteiger partial charge in [-0.1, -0.05) is 65.8 Å². The van der Waals surface area contributed by atoms with Crippen molar-refractivity contribution in [1.29, 1.82) is 0 Å². The molecule has 0 saturated heterocycles. The van der Waals surface area contributed by atoms with E-state index in [4.69, 9.17) is 9.41 Å². The number of rotatable bonds is 11. The highest BCUT2D eigenvalue weighted by Crippen LogP contribution is 2.48. The zero-order valence-electron chi connectivity index (χ0n) is 39.1. The third kappa shape index (κ3) is 8.63. The van der Waals surface area contributed by atoms with Crippen LogP contribution in [-0.4, -0.2) is 70.0 Å². The highest BCUT2D eigenvalue weighted by Gasteiger charge is 2.49. The first kappa shape index (κ1) is 46.9. The van der Waals surface area contributed by atoms with E-state index in [1.54, 1.807) is 76.4 Å². The SMILES string of the molecule is CC(=O)c1c2c(c(O[Si](C(C)C)(C(C)C)C(C)C)c3ncc(Cc4ccc(F)cc4)cc13)C(=O)N(C)C2.CN1Cc2c(c(O)c3ncc(Cc4ccc(F)cc4)cc3c2C(C)(C)O)C1=O. The first-order valence-electron chi connectivity index (χ1n) is 22.1. The molecule has 0 radical (unpaired) electrons. The van der Waals surface area contributed by atoms with Crippen molar-refractivity contribution in [2.75, 3.05) is 14.1 Å². The van der Waals surface area contributed by atoms with E-state index in [1.807, 2.05) is 12.1 Å². The molecule has 0 spiro atoms. The summed E-state index contributed by atoms with van der Waals surface area (Å²) >= 11 is 0. The Bertz CT molecular complexity index is 2830. The van der Waals surface area contributed by atoms with Crippen molar-refractivity contribution in [3.8, 4) is 11.5 Å². The Kier molecular flexibility index (Phi) is 12.8. The number of aliphatic hydroxyl groups is 1. The molecule has 6 aromatic rings. The third-order valence-corrected chi connectivity index (χ3v) is 19.0. The number of aromatic nitrogens is 2. The fourth-order valence-corrected chi connectivity index (χ4v) is 15.5. The monoisotopic (exact) mass is 900 g/mol. The second-order valence-corrected chi connectivity index (χ2v) is 24.5. The van der Waals surface area contributed by atoms with Crippen molar-refractivity contribution < 1.29 is 37.8 Å². The van der Waals surface area contributed by atoms with Gasteiger partial charge in [0.1, 0.15) is 28.4 Å². The molecule has 2 aliphatic rings. The third-order valence-electron chi connectivity index (χ3n) is 13.0. The standard InChI is InChI=1S/C30H37FN2O3Si.C22H21FN2O3/c1-17(2)37(18(3)4,19(5)6)36-29-27-25(16-33(8)30(27)35)26(20(7)34)24-14-22(15-32-28(24)29)13-21-9-11-23(31)12-10-21;1-22(2,28)18-15-9-13(8-12-4-6-14(23)7-5-12)10-24-19(15)20(26)17-16(18)11-25(3)21(17)27/h9-12,14-15,17-19H,13,16H2,1-8H3;4-7,9-10,26,28H,8,11H2,1-3H3. The summed E-state index contributed by atoms with van der Waals surface area (Å²) in [4.78, 5) is 51.4. The van der Waals surface area contributed by atoms with Crippen molar-refractivity contribution in [1.82, 2.24) is 19.8 Å². The summed E-state index contributed by atoms with van der Waals surface area (Å²) in [5, 5.41) is 22.9. The lowest BCUT2D eigenvalue weighted by atomic mass is 9.86. The molecule has 0 atom stereocenters. The second kappa shape index (κ2) is 17.7. The molecular weight excluding hydrogens is 843 g/mol. The predicted octanol–water partition coefficient (Wildman–Crippen LogP) is 10.8. The van der Waals surface area contributed by atoms with Gasteiger partial charge in [0.2, 0.25) is 0 Å². The van der Waals surface area contributed by atoms with Crippen LogP contribution in [0.4, 0.5) is 8.78 Å². The maximum Gasteiger partial charge on any atom is 0.258 e. The van der Waals surface area contributed by atoms with Crippen LogP contribution in [0.2, 0.25) is 16.6 Å². The number of ketones is 1. The number of carbonyl (C=O) groups is 3. The Labute approximate surface area is 380 Å². The number of benzene rings is 4. The topological polar surface area (TPSA) is 133 Å². The van der Waals surface area contributed by atoms with Crippen molar-refractivity contribution >= 4 is 47.7 Å². The average molecular weight is 901 g/mol. The minimum Gasteiger partial charge on any atom is -0.541 e. The fraction of sp³-hybridized carbons (Fsp3) is 0.365. The van der Waals surface area contributed by atoms with Crippen LogP contribution in [0.1, 0.15) is 132 Å². The number of phenolic OH excluding ortho intramolecular Hbond substituents is 1. The number of amides is 2. The van der Waals surface area contributed by atoms with Crippen molar-refractivity contribution in [3.05, 3.63) is 140 Å². The van der Waals surface area contributed by atoms with Gasteiger partial charge in [0.05, 0.1) is 16.7 Å². The van der Waals surface area contributed by atoms with E-state index in [1.165, 1.54) is 29.2 Å². The molecular formula is C52H58F2N4O6Si. The van der Waals surface area contributed by atoms with Crippen molar-refractivity contribution in [3.63, 3.8) is 0 Å². The molecule has 4 heterocycles. The van der Waals surface area contributed by atoms with Gasteiger partial charge in [-0.2, -0.15) is 0 Å². The summed E-state index contributed by atoms with van der Waals surface area (Å²) in [6, 6.07) is 16.5. The fourth-order valence-electron chi connectivity index (χ4n) is 10.2. The van der Waals surface area contributed by atoms with E-state index in [9.17, 15) is 33.4 Å². The molecule has 340 valence electrons. The molecule has 8 rings (SSSR count). The Balaban J connectivity index is 0.000000201. The van der Waals surface area contributed by atoms with Crippen LogP contribution in [0.5, 0.6) is 11.5 Å². The molecule has 65 heavy (non-hydrogen) atoms. The number of aromatic hydroxyl groups is 1. The van der Waals surface area contributed by atoms with Crippen molar-refractivity contribution in [2.24, 2.45) is 0 Å². The first-order valence-corrected chi connectivity index (χ1v) is 24.3. The van der Waals surface area contributed by atoms with Gasteiger partial charge in [-0.05, 0) is 126 Å². The van der Waals surface area contributed by atoms with E-state index < -0.39 is 13.9 Å². The summed E-state index contributed by atoms with van der Waals surface area (Å²) in [7, 11) is 0.981. The predicted molar refractivity (Wildman–Crippen MR) is 252 cm³/mol. The quantitative estimate of drug-likeness (QED) is 0.0970. The van der Waals surface area contributed by atoms with Crippen LogP contribution >= 0.6 is 0 Å². The Morgan fingerprint density at radius 3 is 1.63 bits per heavy atom. The second-order valence-electron chi connectivity index (χ2n) is 19.1. The largest absolute Gasteiger partial charge is 0.541 e. The maximum atomic E-state index is 13.5. The summed E-state index contributed by atoms with van der Waals surface area (Å²) in [6.45, 7) is 18.8. The maximum absolute atomic E-state index is 13.5. The Hall–Kier alpha value is -6.05. The van der Waals surface area contributed by atoms with E-state index in [2.05, 4.69) is 46.5 Å². The lowest BCUT2D eigenvalue weighted by Crippen LogP contribution is -2.51. The summed E-state index contributed by atoms with van der Waals surface area (Å²) < 4.78 is 33.7. The molecule has 2 aliphatic heterocycles. The van der Waals surface area contributed by atoms with Crippen molar-refractivity contribution in [2.45, 2.75) is 110 Å². The Morgan fingerprint density at radius 1 is 0.723 bits per heavy atom. The van der Waals surface area contributed by atoms with Crippen LogP contribution in [0.3, 0.4) is 0 Å². The molecule has 2 N–H and O–H groups in total. The van der Waals surface area contributed by atoms with Crippen LogP contribution in [-0.2, 0) is 31.5 Å². The highest BCUT2D eigenvalue weighted by molar-refractivity contribution is 6.78. The van der Waals surface area contributed by atoms with E-state index in [-0.39, 0.29) is 40.5 Å². The van der Waals surface area contributed by atoms with E-state index >= 15 is 0 Å². The Morgan fingerprint density at radius 2 is 1.17 bits per heavy atom. The molecule has 13 heteroatoms. The average Bonchev–Trinajstić information content (AvgIpc) is 3.69. The minimum absolute atomic E-state index is 0.100. The smallest absolute Gasteiger partial charge is 0.258 e. The van der Waals surface area contributed by atoms with Crippen LogP contribution < -0.4 is 4.43 Å². The summed E-state index contributed by atoms with van der Waals surface area (Å²) in [5.41, 5.74) is 7.37. The number of Topliss-reactive ketones (excluding diaryl/α,β-unsaturated/α-hetero) is 1. The van der Waals surface area contributed by atoms with Crippen LogP contribution in [0.15, 0.2) is 73.1 Å².